The van der Waals surface area contributed by atoms with Gasteiger partial charge < -0.3 is 20.3 Å². The van der Waals surface area contributed by atoms with E-state index in [1.807, 2.05) is 0 Å². The Kier molecular flexibility index (Phi) is 21.3. The zero-order valence-electron chi connectivity index (χ0n) is 14.6. The molecular weight excluding hydrogens is 318 g/mol. The Morgan fingerprint density at radius 2 is 1.61 bits per heavy atom. The summed E-state index contributed by atoms with van der Waals surface area (Å²) in [5, 5.41) is 21.0. The van der Waals surface area contributed by atoms with Gasteiger partial charge >= 0.3 is 5.97 Å². The zero-order chi connectivity index (χ0) is 16.5. The largest absolute Gasteiger partial charge is 0.463 e. The van der Waals surface area contributed by atoms with Crippen molar-refractivity contribution in [2.24, 2.45) is 0 Å². The summed E-state index contributed by atoms with van der Waals surface area (Å²) in [7, 11) is 0. The quantitative estimate of drug-likeness (QED) is 0.294. The molecule has 0 radical (unpaired) electrons. The summed E-state index contributed by atoms with van der Waals surface area (Å²) < 4.78 is 5.02. The Bertz CT molecular complexity index is 255. The number of hydrogen-bond acceptors (Lipinski definition) is 5. The SMILES string of the molecule is CCCCCCCCCCCC(=O)OCC(O)CNCCO.Cl. The first-order valence-corrected chi connectivity index (χ1v) is 8.86. The highest BCUT2D eigenvalue weighted by atomic mass is 35.5. The molecule has 0 aliphatic heterocycles. The highest BCUT2D eigenvalue weighted by molar-refractivity contribution is 5.85. The summed E-state index contributed by atoms with van der Waals surface area (Å²) >= 11 is 0. The van der Waals surface area contributed by atoms with Gasteiger partial charge in [-0.15, -0.1) is 12.4 Å². The molecule has 0 spiro atoms. The number of esters is 1. The fraction of sp³-hybridized carbons (Fsp3) is 0.941. The zero-order valence-corrected chi connectivity index (χ0v) is 15.4. The molecule has 0 aromatic heterocycles. The topological polar surface area (TPSA) is 78.8 Å². The summed E-state index contributed by atoms with van der Waals surface area (Å²) in [6.07, 6.45) is 10.7. The minimum Gasteiger partial charge on any atom is -0.463 e. The molecule has 0 aromatic carbocycles. The molecule has 0 rings (SSSR count). The summed E-state index contributed by atoms with van der Waals surface area (Å²) in [5.74, 6) is -0.232. The van der Waals surface area contributed by atoms with Gasteiger partial charge in [-0.05, 0) is 6.42 Å². The number of aliphatic hydroxyl groups excluding tert-OH is 2. The van der Waals surface area contributed by atoms with Crippen LogP contribution >= 0.6 is 12.4 Å². The Balaban J connectivity index is 0. The van der Waals surface area contributed by atoms with E-state index < -0.39 is 6.10 Å². The van der Waals surface area contributed by atoms with E-state index in [2.05, 4.69) is 12.2 Å². The van der Waals surface area contributed by atoms with E-state index in [9.17, 15) is 9.90 Å². The van der Waals surface area contributed by atoms with Crippen LogP contribution in [0.4, 0.5) is 0 Å². The van der Waals surface area contributed by atoms with Crippen molar-refractivity contribution in [3.63, 3.8) is 0 Å². The average molecular weight is 354 g/mol. The minimum absolute atomic E-state index is 0. The molecule has 0 saturated heterocycles. The Hall–Kier alpha value is -0.360. The fourth-order valence-corrected chi connectivity index (χ4v) is 2.25. The fourth-order valence-electron chi connectivity index (χ4n) is 2.25. The van der Waals surface area contributed by atoms with Crippen LogP contribution in [0.1, 0.15) is 71.1 Å². The Morgan fingerprint density at radius 1 is 1.04 bits per heavy atom. The molecule has 1 unspecified atom stereocenters. The molecule has 0 saturated carbocycles. The number of rotatable bonds is 16. The van der Waals surface area contributed by atoms with E-state index in [-0.39, 0.29) is 31.6 Å². The Morgan fingerprint density at radius 3 is 2.17 bits per heavy atom. The maximum Gasteiger partial charge on any atom is 0.305 e. The van der Waals surface area contributed by atoms with Crippen molar-refractivity contribution in [2.75, 3.05) is 26.3 Å². The molecule has 0 heterocycles. The van der Waals surface area contributed by atoms with Crippen molar-refractivity contribution in [2.45, 2.75) is 77.2 Å². The number of ether oxygens (including phenoxy) is 1. The van der Waals surface area contributed by atoms with Crippen LogP contribution in [0.2, 0.25) is 0 Å². The second-order valence-corrected chi connectivity index (χ2v) is 5.84. The van der Waals surface area contributed by atoms with Crippen molar-refractivity contribution in [3.05, 3.63) is 0 Å². The maximum absolute atomic E-state index is 11.5. The maximum atomic E-state index is 11.5. The third-order valence-electron chi connectivity index (χ3n) is 3.59. The first-order chi connectivity index (χ1) is 10.7. The summed E-state index contributed by atoms with van der Waals surface area (Å²) in [6.45, 7) is 3.04. The first-order valence-electron chi connectivity index (χ1n) is 8.86. The van der Waals surface area contributed by atoms with Gasteiger partial charge in [0.25, 0.3) is 0 Å². The number of carbonyl (C=O) groups excluding carboxylic acids is 1. The summed E-state index contributed by atoms with van der Waals surface area (Å²) in [6, 6.07) is 0. The van der Waals surface area contributed by atoms with Crippen LogP contribution in [0.15, 0.2) is 0 Å². The molecule has 0 amide bonds. The standard InChI is InChI=1S/C17H35NO4.ClH/c1-2-3-4-5-6-7-8-9-10-11-17(21)22-15-16(20)14-18-12-13-19;/h16,18-20H,2-15H2,1H3;1H. The molecule has 3 N–H and O–H groups in total. The van der Waals surface area contributed by atoms with Gasteiger partial charge in [0.05, 0.1) is 6.61 Å². The Labute approximate surface area is 147 Å². The second-order valence-electron chi connectivity index (χ2n) is 5.84. The predicted molar refractivity (Wildman–Crippen MR) is 96.0 cm³/mol. The lowest BCUT2D eigenvalue weighted by Crippen LogP contribution is -2.32. The normalized spacial score (nSPS) is 11.8. The lowest BCUT2D eigenvalue weighted by molar-refractivity contribution is -0.146. The molecule has 23 heavy (non-hydrogen) atoms. The number of nitrogens with one attached hydrogen (secondary N) is 1. The van der Waals surface area contributed by atoms with E-state index >= 15 is 0 Å². The van der Waals surface area contributed by atoms with Crippen LogP contribution < -0.4 is 5.32 Å². The van der Waals surface area contributed by atoms with Gasteiger partial charge in [-0.2, -0.15) is 0 Å². The average Bonchev–Trinajstić information content (AvgIpc) is 2.51. The van der Waals surface area contributed by atoms with Gasteiger partial charge in [0.2, 0.25) is 0 Å². The van der Waals surface area contributed by atoms with Crippen LogP contribution in [-0.4, -0.2) is 48.6 Å². The lowest BCUT2D eigenvalue weighted by atomic mass is 10.1. The molecule has 5 nitrogen and oxygen atoms in total. The molecule has 0 aliphatic rings. The van der Waals surface area contributed by atoms with Crippen LogP contribution in [0, 0.1) is 0 Å². The van der Waals surface area contributed by atoms with Gasteiger partial charge in [0, 0.05) is 19.5 Å². The van der Waals surface area contributed by atoms with Crippen molar-refractivity contribution in [3.8, 4) is 0 Å². The summed E-state index contributed by atoms with van der Waals surface area (Å²) in [5.41, 5.74) is 0. The molecule has 0 aliphatic carbocycles. The van der Waals surface area contributed by atoms with Crippen LogP contribution in [0.25, 0.3) is 0 Å². The molecule has 0 fully saturated rings. The van der Waals surface area contributed by atoms with E-state index in [1.165, 1.54) is 44.9 Å². The third kappa shape index (κ3) is 19.6. The predicted octanol–water partition coefficient (Wildman–Crippen LogP) is 2.82. The lowest BCUT2D eigenvalue weighted by Gasteiger charge is -2.11. The van der Waals surface area contributed by atoms with E-state index in [0.717, 1.165) is 12.8 Å². The molecule has 1 atom stereocenters. The van der Waals surface area contributed by atoms with Crippen LogP contribution in [0.5, 0.6) is 0 Å². The number of aliphatic hydroxyl groups is 2. The van der Waals surface area contributed by atoms with Crippen LogP contribution in [0.3, 0.4) is 0 Å². The molecule has 6 heteroatoms. The van der Waals surface area contributed by atoms with Crippen molar-refractivity contribution in [1.29, 1.82) is 0 Å². The molecule has 140 valence electrons. The molecule has 0 aromatic rings. The molecular formula is C17H36ClNO4. The van der Waals surface area contributed by atoms with Crippen molar-refractivity contribution in [1.82, 2.24) is 5.32 Å². The number of halogens is 1. The number of carbonyl (C=O) groups is 1. The number of unbranched alkanes of at least 4 members (excludes halogenated alkanes) is 8. The number of hydrogen-bond donors (Lipinski definition) is 3. The van der Waals surface area contributed by atoms with E-state index in [0.29, 0.717) is 19.5 Å². The highest BCUT2D eigenvalue weighted by Crippen LogP contribution is 2.10. The second kappa shape index (κ2) is 19.7. The molecule has 0 bridgehead atoms. The van der Waals surface area contributed by atoms with Gasteiger partial charge in [0.1, 0.15) is 12.7 Å². The smallest absolute Gasteiger partial charge is 0.305 e. The van der Waals surface area contributed by atoms with E-state index in [1.54, 1.807) is 0 Å². The van der Waals surface area contributed by atoms with Gasteiger partial charge in [0.15, 0.2) is 0 Å². The minimum atomic E-state index is -0.710. The highest BCUT2D eigenvalue weighted by Gasteiger charge is 2.08. The monoisotopic (exact) mass is 353 g/mol. The third-order valence-corrected chi connectivity index (χ3v) is 3.59. The van der Waals surface area contributed by atoms with Crippen molar-refractivity contribution >= 4 is 18.4 Å². The van der Waals surface area contributed by atoms with Crippen molar-refractivity contribution < 1.29 is 19.7 Å². The van der Waals surface area contributed by atoms with Gasteiger partial charge in [-0.25, -0.2) is 0 Å². The van der Waals surface area contributed by atoms with Gasteiger partial charge in [-0.1, -0.05) is 58.3 Å². The van der Waals surface area contributed by atoms with E-state index in [4.69, 9.17) is 9.84 Å². The van der Waals surface area contributed by atoms with Crippen LogP contribution in [-0.2, 0) is 9.53 Å². The summed E-state index contributed by atoms with van der Waals surface area (Å²) in [4.78, 5) is 11.5. The van der Waals surface area contributed by atoms with Gasteiger partial charge in [-0.3, -0.25) is 4.79 Å². The first kappa shape index (κ1) is 24.9.